The summed E-state index contributed by atoms with van der Waals surface area (Å²) in [6.07, 6.45) is 0.445. The van der Waals surface area contributed by atoms with Crippen molar-refractivity contribution in [2.45, 2.75) is 108 Å². The van der Waals surface area contributed by atoms with Crippen molar-refractivity contribution in [3.8, 4) is 11.1 Å². The van der Waals surface area contributed by atoms with Crippen molar-refractivity contribution in [2.75, 3.05) is 19.6 Å². The molecular weight excluding hydrogens is 671 g/mol. The van der Waals surface area contributed by atoms with Crippen LogP contribution in [0.1, 0.15) is 116 Å². The van der Waals surface area contributed by atoms with E-state index >= 15 is 4.39 Å². The number of alkyl halides is 3. The fraction of sp³-hybridized carbons (Fsp3) is 0.526. The van der Waals surface area contributed by atoms with Crippen LogP contribution in [-0.2, 0) is 28.6 Å². The zero-order valence-electron chi connectivity index (χ0n) is 28.6. The van der Waals surface area contributed by atoms with Gasteiger partial charge in [0.25, 0.3) is 5.56 Å². The quantitative estimate of drug-likeness (QED) is 0.247. The van der Waals surface area contributed by atoms with E-state index in [1.165, 1.54) is 18.2 Å². The fourth-order valence-electron chi connectivity index (χ4n) is 7.39. The maximum absolute atomic E-state index is 16.4. The summed E-state index contributed by atoms with van der Waals surface area (Å²) < 4.78 is 74.4. The molecule has 0 spiro atoms. The summed E-state index contributed by atoms with van der Waals surface area (Å²) in [6, 6.07) is 3.89. The van der Waals surface area contributed by atoms with Crippen LogP contribution < -0.4 is 10.9 Å². The van der Waals surface area contributed by atoms with Crippen LogP contribution in [0.2, 0.25) is 0 Å². The van der Waals surface area contributed by atoms with E-state index in [1.54, 1.807) is 13.0 Å². The number of benzene rings is 2. The van der Waals surface area contributed by atoms with Gasteiger partial charge in [-0.1, -0.05) is 25.7 Å². The van der Waals surface area contributed by atoms with Crippen LogP contribution in [0.3, 0.4) is 0 Å². The molecule has 0 unspecified atom stereocenters. The van der Waals surface area contributed by atoms with E-state index in [2.05, 4.69) is 15.3 Å². The topological polar surface area (TPSA) is 105 Å². The molecule has 2 aromatic carbocycles. The van der Waals surface area contributed by atoms with Crippen molar-refractivity contribution >= 4 is 11.9 Å². The van der Waals surface area contributed by atoms with Gasteiger partial charge in [-0.2, -0.15) is 18.3 Å². The molecule has 3 heterocycles. The number of hydrogen-bond acceptors (Lipinski definition) is 5. The summed E-state index contributed by atoms with van der Waals surface area (Å²) in [5.74, 6) is -3.45. The average molecular weight is 715 g/mol. The maximum atomic E-state index is 16.4. The lowest BCUT2D eigenvalue weighted by atomic mass is 9.87. The molecule has 0 radical (unpaired) electrons. The van der Waals surface area contributed by atoms with Crippen LogP contribution in [0.25, 0.3) is 11.1 Å². The third kappa shape index (κ3) is 8.51. The molecule has 13 heteroatoms. The second kappa shape index (κ2) is 15.2. The van der Waals surface area contributed by atoms with E-state index in [4.69, 9.17) is 0 Å². The van der Waals surface area contributed by atoms with E-state index < -0.39 is 59.3 Å². The average Bonchev–Trinajstić information content (AvgIpc) is 3.87. The predicted octanol–water partition coefficient (Wildman–Crippen LogP) is 7.41. The summed E-state index contributed by atoms with van der Waals surface area (Å²) in [6.45, 7) is 3.82. The molecule has 8 nitrogen and oxygen atoms in total. The lowest BCUT2D eigenvalue weighted by Crippen LogP contribution is -2.43. The number of aryl methyl sites for hydroxylation is 2. The summed E-state index contributed by atoms with van der Waals surface area (Å²) in [5, 5.41) is 16.9. The highest BCUT2D eigenvalue weighted by molar-refractivity contribution is 5.82. The Bertz CT molecular complexity index is 1850. The third-order valence-corrected chi connectivity index (χ3v) is 10.3. The fourth-order valence-corrected chi connectivity index (χ4v) is 7.39. The molecule has 3 aliphatic rings. The van der Waals surface area contributed by atoms with Crippen molar-refractivity contribution in [1.29, 1.82) is 0 Å². The third-order valence-electron chi connectivity index (χ3n) is 10.3. The molecule has 51 heavy (non-hydrogen) atoms. The molecule has 2 aliphatic heterocycles. The van der Waals surface area contributed by atoms with E-state index in [0.29, 0.717) is 53.6 Å². The van der Waals surface area contributed by atoms with Gasteiger partial charge in [0.2, 0.25) is 5.91 Å². The van der Waals surface area contributed by atoms with E-state index in [-0.39, 0.29) is 30.0 Å². The van der Waals surface area contributed by atoms with Crippen LogP contribution >= 0.6 is 0 Å². The summed E-state index contributed by atoms with van der Waals surface area (Å²) in [7, 11) is 0. The van der Waals surface area contributed by atoms with Crippen LogP contribution in [0.4, 0.5) is 22.0 Å². The molecule has 1 saturated heterocycles. The van der Waals surface area contributed by atoms with Crippen molar-refractivity contribution in [1.82, 2.24) is 20.0 Å². The Balaban J connectivity index is 1.46. The monoisotopic (exact) mass is 714 g/mol. The summed E-state index contributed by atoms with van der Waals surface area (Å²) in [4.78, 5) is 41.9. The summed E-state index contributed by atoms with van der Waals surface area (Å²) in [5.41, 5.74) is 0.0370. The molecule has 3 aromatic rings. The first-order valence-corrected chi connectivity index (χ1v) is 17.9. The van der Waals surface area contributed by atoms with Gasteiger partial charge in [-0.3, -0.25) is 14.4 Å². The van der Waals surface area contributed by atoms with Gasteiger partial charge in [0.05, 0.1) is 18.2 Å². The molecule has 6 rings (SSSR count). The van der Waals surface area contributed by atoms with E-state index in [0.717, 1.165) is 62.4 Å². The number of carboxylic acid groups (broad SMARTS) is 1. The van der Waals surface area contributed by atoms with E-state index in [9.17, 15) is 37.1 Å². The van der Waals surface area contributed by atoms with E-state index in [1.807, 2.05) is 0 Å². The number of fused-ring (bicyclic) bond motifs is 4. The van der Waals surface area contributed by atoms with Crippen LogP contribution in [0.5, 0.6) is 0 Å². The number of carbonyl (C=O) groups excluding carboxylic acids is 1. The number of halogens is 5. The van der Waals surface area contributed by atoms with Crippen molar-refractivity contribution in [3.63, 3.8) is 0 Å². The minimum absolute atomic E-state index is 0.00847. The maximum Gasteiger partial charge on any atom is 0.421 e. The minimum Gasteiger partial charge on any atom is -0.481 e. The Kier molecular flexibility index (Phi) is 10.9. The first kappa shape index (κ1) is 36.7. The molecule has 1 aromatic heterocycles. The number of nitrogens with zero attached hydrogens (tertiary/aromatic N) is 3. The molecule has 1 saturated carbocycles. The molecule has 2 fully saturated rings. The van der Waals surface area contributed by atoms with Gasteiger partial charge in [0.15, 0.2) is 0 Å². The number of amides is 1. The van der Waals surface area contributed by atoms with Crippen LogP contribution in [0, 0.1) is 18.6 Å². The number of hydrogen-bond donors (Lipinski definition) is 2. The number of rotatable bonds is 7. The van der Waals surface area contributed by atoms with Crippen molar-refractivity contribution < 1.29 is 36.6 Å². The Labute approximate surface area is 293 Å². The largest absolute Gasteiger partial charge is 0.481 e. The second-order valence-electron chi connectivity index (χ2n) is 14.2. The molecule has 2 N–H and O–H groups in total. The number of aliphatic carboxylic acids is 1. The highest BCUT2D eigenvalue weighted by atomic mass is 19.4. The van der Waals surface area contributed by atoms with Crippen LogP contribution in [-0.4, -0.2) is 51.3 Å². The van der Waals surface area contributed by atoms with Gasteiger partial charge in [-0.05, 0) is 123 Å². The Morgan fingerprint density at radius 2 is 1.65 bits per heavy atom. The van der Waals surface area contributed by atoms with Gasteiger partial charge in [0, 0.05) is 18.5 Å². The van der Waals surface area contributed by atoms with Gasteiger partial charge in [0.1, 0.15) is 23.2 Å². The van der Waals surface area contributed by atoms with Crippen molar-refractivity contribution in [2.24, 2.45) is 0 Å². The van der Waals surface area contributed by atoms with Crippen LogP contribution in [0.15, 0.2) is 35.1 Å². The molecular formula is C38H43F5N4O4. The summed E-state index contributed by atoms with van der Waals surface area (Å²) >= 11 is 0. The molecule has 274 valence electrons. The van der Waals surface area contributed by atoms with Gasteiger partial charge < -0.3 is 15.3 Å². The number of carboxylic acids is 1. The SMILES string of the molecule is Cc1cc(F)cc2c1-c1cc(C3CC3)c(F)c(c1)[C@H](CC(=O)O)NC(=O)[C@@H](n1nc(CCN3CCC3)cc(C(F)(F)F)c1=O)CCCCCCC2. The smallest absolute Gasteiger partial charge is 0.421 e. The highest BCUT2D eigenvalue weighted by Crippen LogP contribution is 2.45. The lowest BCUT2D eigenvalue weighted by molar-refractivity contribution is -0.140. The zero-order valence-corrected chi connectivity index (χ0v) is 28.6. The number of carbonyl (C=O) groups is 2. The number of nitrogens with one attached hydrogen (secondary N) is 1. The first-order valence-electron chi connectivity index (χ1n) is 17.9. The zero-order chi connectivity index (χ0) is 36.4. The predicted molar refractivity (Wildman–Crippen MR) is 180 cm³/mol. The Morgan fingerprint density at radius 1 is 0.941 bits per heavy atom. The second-order valence-corrected chi connectivity index (χ2v) is 14.2. The lowest BCUT2D eigenvalue weighted by Gasteiger charge is -2.30. The van der Waals surface area contributed by atoms with Crippen molar-refractivity contribution in [3.05, 3.63) is 85.8 Å². The molecule has 2 bridgehead atoms. The minimum atomic E-state index is -5.01. The molecule has 1 amide bonds. The van der Waals surface area contributed by atoms with Gasteiger partial charge >= 0.3 is 12.1 Å². The molecule has 2 atom stereocenters. The normalized spacial score (nSPS) is 20.7. The Morgan fingerprint density at radius 3 is 2.31 bits per heavy atom. The standard InChI is InChI=1S/C38H43F5N4O4/c1-22-16-26(39)17-24-8-5-3-2-4-6-9-32(47-37(51)30(38(41,42)43)20-27(45-47)12-15-46-13-7-14-46)36(50)44-31(21-33(48)49)29-19-25(34(22)24)18-28(35(29)40)23-10-11-23/h16-20,23,31-32H,2-15,21H2,1H3,(H,44,50)(H,48,49)/t31-,32-/m0/s1. The Hall–Kier alpha value is -4.13. The van der Waals surface area contributed by atoms with Gasteiger partial charge in [-0.25, -0.2) is 13.5 Å². The molecule has 1 aliphatic carbocycles. The number of likely N-dealkylation sites (tertiary alicyclic amines) is 1. The highest BCUT2D eigenvalue weighted by Gasteiger charge is 2.38. The number of aromatic nitrogens is 2. The first-order chi connectivity index (χ1) is 24.3. The van der Waals surface area contributed by atoms with Gasteiger partial charge in [-0.15, -0.1) is 0 Å².